The van der Waals surface area contributed by atoms with Crippen molar-refractivity contribution in [2.45, 2.75) is 71.0 Å². The Labute approximate surface area is 121 Å². The standard InChI is InChI=1S/C16H27NO3/c1-14(2,3)20-13(19)17-6-4-15(5-7-17)10-16(11-15)8-12(18)9-16/h12,18H,4-11H2,1-3H3. The number of carbonyl (C=O) groups is 1. The van der Waals surface area contributed by atoms with Crippen molar-refractivity contribution in [3.05, 3.63) is 0 Å². The van der Waals surface area contributed by atoms with E-state index < -0.39 is 5.60 Å². The molecule has 0 aromatic heterocycles. The van der Waals surface area contributed by atoms with Gasteiger partial charge in [0, 0.05) is 13.1 Å². The number of amides is 1. The second kappa shape index (κ2) is 4.36. The number of piperidine rings is 1. The highest BCUT2D eigenvalue weighted by Crippen LogP contribution is 2.67. The first kappa shape index (κ1) is 14.2. The van der Waals surface area contributed by atoms with Gasteiger partial charge < -0.3 is 14.7 Å². The van der Waals surface area contributed by atoms with E-state index in [1.165, 1.54) is 12.8 Å². The van der Waals surface area contributed by atoms with E-state index in [9.17, 15) is 9.90 Å². The van der Waals surface area contributed by atoms with Gasteiger partial charge in [-0.05, 0) is 70.1 Å². The molecule has 1 heterocycles. The van der Waals surface area contributed by atoms with Crippen molar-refractivity contribution in [2.24, 2.45) is 10.8 Å². The highest BCUT2D eigenvalue weighted by atomic mass is 16.6. The average Bonchev–Trinajstić information content (AvgIpc) is 2.23. The molecule has 1 N–H and O–H groups in total. The maximum Gasteiger partial charge on any atom is 0.410 e. The first-order valence-corrected chi connectivity index (χ1v) is 7.87. The van der Waals surface area contributed by atoms with Crippen LogP contribution < -0.4 is 0 Å². The van der Waals surface area contributed by atoms with Gasteiger partial charge in [0.25, 0.3) is 0 Å². The smallest absolute Gasteiger partial charge is 0.410 e. The van der Waals surface area contributed by atoms with Crippen molar-refractivity contribution >= 4 is 6.09 Å². The Morgan fingerprint density at radius 2 is 1.70 bits per heavy atom. The van der Waals surface area contributed by atoms with E-state index in [0.717, 1.165) is 38.8 Å². The lowest BCUT2D eigenvalue weighted by Crippen LogP contribution is -2.59. The van der Waals surface area contributed by atoms with E-state index >= 15 is 0 Å². The normalized spacial score (nSPS) is 28.1. The monoisotopic (exact) mass is 281 g/mol. The molecular weight excluding hydrogens is 254 g/mol. The molecule has 0 aromatic rings. The Balaban J connectivity index is 1.47. The number of carbonyl (C=O) groups excluding carboxylic acids is 1. The Kier molecular flexibility index (Phi) is 3.09. The molecule has 2 saturated carbocycles. The summed E-state index contributed by atoms with van der Waals surface area (Å²) < 4.78 is 5.44. The first-order chi connectivity index (χ1) is 9.21. The lowest BCUT2D eigenvalue weighted by molar-refractivity contribution is -0.169. The third-order valence-corrected chi connectivity index (χ3v) is 5.31. The van der Waals surface area contributed by atoms with Crippen molar-refractivity contribution in [1.82, 2.24) is 4.90 Å². The number of ether oxygens (including phenoxy) is 1. The quantitative estimate of drug-likeness (QED) is 0.742. The van der Waals surface area contributed by atoms with Gasteiger partial charge in [-0.15, -0.1) is 0 Å². The Morgan fingerprint density at radius 3 is 2.15 bits per heavy atom. The highest BCUT2D eigenvalue weighted by molar-refractivity contribution is 5.68. The van der Waals surface area contributed by atoms with Crippen LogP contribution >= 0.6 is 0 Å². The van der Waals surface area contributed by atoms with Crippen LogP contribution in [0.5, 0.6) is 0 Å². The SMILES string of the molecule is CC(C)(C)OC(=O)N1CCC2(CC1)CC1(CC(O)C1)C2. The lowest BCUT2D eigenvalue weighted by atomic mass is 9.42. The highest BCUT2D eigenvalue weighted by Gasteiger charge is 2.60. The van der Waals surface area contributed by atoms with Crippen molar-refractivity contribution in [3.63, 3.8) is 0 Å². The molecule has 114 valence electrons. The van der Waals surface area contributed by atoms with Crippen LogP contribution in [0.15, 0.2) is 0 Å². The zero-order valence-corrected chi connectivity index (χ0v) is 12.9. The fraction of sp³-hybridized carbons (Fsp3) is 0.938. The summed E-state index contributed by atoms with van der Waals surface area (Å²) in [6.45, 7) is 7.39. The average molecular weight is 281 g/mol. The minimum Gasteiger partial charge on any atom is -0.444 e. The van der Waals surface area contributed by atoms with Crippen molar-refractivity contribution in [2.75, 3.05) is 13.1 Å². The molecule has 2 spiro atoms. The first-order valence-electron chi connectivity index (χ1n) is 7.87. The summed E-state index contributed by atoms with van der Waals surface area (Å²) in [5.74, 6) is 0. The summed E-state index contributed by atoms with van der Waals surface area (Å²) >= 11 is 0. The Hall–Kier alpha value is -0.770. The minimum atomic E-state index is -0.408. The summed E-state index contributed by atoms with van der Waals surface area (Å²) in [6.07, 6.45) is 6.52. The van der Waals surface area contributed by atoms with E-state index in [-0.39, 0.29) is 12.2 Å². The van der Waals surface area contributed by atoms with E-state index in [0.29, 0.717) is 10.8 Å². The number of rotatable bonds is 0. The number of hydrogen-bond acceptors (Lipinski definition) is 3. The van der Waals surface area contributed by atoms with E-state index in [1.54, 1.807) is 0 Å². The molecule has 20 heavy (non-hydrogen) atoms. The molecule has 2 aliphatic carbocycles. The van der Waals surface area contributed by atoms with Crippen molar-refractivity contribution in [1.29, 1.82) is 0 Å². The van der Waals surface area contributed by atoms with Crippen molar-refractivity contribution < 1.29 is 14.6 Å². The summed E-state index contributed by atoms with van der Waals surface area (Å²) in [4.78, 5) is 13.9. The van der Waals surface area contributed by atoms with Gasteiger partial charge >= 0.3 is 6.09 Å². The molecule has 0 radical (unpaired) electrons. The number of likely N-dealkylation sites (tertiary alicyclic amines) is 1. The molecule has 0 unspecified atom stereocenters. The van der Waals surface area contributed by atoms with Gasteiger partial charge in [0.05, 0.1) is 6.10 Å². The molecule has 0 atom stereocenters. The molecule has 3 aliphatic rings. The van der Waals surface area contributed by atoms with Gasteiger partial charge in [0.1, 0.15) is 5.60 Å². The van der Waals surface area contributed by atoms with Crippen LogP contribution in [0.2, 0.25) is 0 Å². The molecule has 1 saturated heterocycles. The number of aliphatic hydroxyl groups is 1. The predicted octanol–water partition coefficient (Wildman–Crippen LogP) is 2.94. The molecule has 0 bridgehead atoms. The largest absolute Gasteiger partial charge is 0.444 e. The molecule has 4 nitrogen and oxygen atoms in total. The summed E-state index contributed by atoms with van der Waals surface area (Å²) in [7, 11) is 0. The predicted molar refractivity (Wildman–Crippen MR) is 76.4 cm³/mol. The molecule has 1 aliphatic heterocycles. The van der Waals surface area contributed by atoms with Gasteiger partial charge in [-0.25, -0.2) is 4.79 Å². The number of hydrogen-bond donors (Lipinski definition) is 1. The van der Waals surface area contributed by atoms with Gasteiger partial charge in [0.15, 0.2) is 0 Å². The van der Waals surface area contributed by atoms with Gasteiger partial charge in [-0.2, -0.15) is 0 Å². The fourth-order valence-corrected chi connectivity index (χ4v) is 4.61. The zero-order chi connectivity index (χ0) is 14.6. The molecule has 4 heteroatoms. The topological polar surface area (TPSA) is 49.8 Å². The van der Waals surface area contributed by atoms with Crippen LogP contribution in [0.3, 0.4) is 0 Å². The molecule has 1 amide bonds. The van der Waals surface area contributed by atoms with Gasteiger partial charge in [-0.3, -0.25) is 0 Å². The van der Waals surface area contributed by atoms with Crippen LogP contribution in [0.4, 0.5) is 4.79 Å². The van der Waals surface area contributed by atoms with Crippen LogP contribution in [0, 0.1) is 10.8 Å². The molecule has 0 aromatic carbocycles. The van der Waals surface area contributed by atoms with Crippen LogP contribution in [-0.4, -0.2) is 40.9 Å². The van der Waals surface area contributed by atoms with Crippen LogP contribution in [0.1, 0.15) is 59.3 Å². The zero-order valence-electron chi connectivity index (χ0n) is 12.9. The molecule has 3 fully saturated rings. The van der Waals surface area contributed by atoms with Crippen LogP contribution in [0.25, 0.3) is 0 Å². The number of aliphatic hydroxyl groups excluding tert-OH is 1. The Bertz CT molecular complexity index is 388. The maximum absolute atomic E-state index is 12.0. The van der Waals surface area contributed by atoms with E-state index in [2.05, 4.69) is 0 Å². The van der Waals surface area contributed by atoms with E-state index in [4.69, 9.17) is 4.74 Å². The fourth-order valence-electron chi connectivity index (χ4n) is 4.61. The van der Waals surface area contributed by atoms with Crippen molar-refractivity contribution in [3.8, 4) is 0 Å². The minimum absolute atomic E-state index is 0.0470. The van der Waals surface area contributed by atoms with Gasteiger partial charge in [-0.1, -0.05) is 0 Å². The summed E-state index contributed by atoms with van der Waals surface area (Å²) in [6, 6.07) is 0. The molecular formula is C16H27NO3. The second-order valence-electron chi connectivity index (χ2n) is 8.38. The second-order valence-corrected chi connectivity index (χ2v) is 8.38. The molecule has 3 rings (SSSR count). The third kappa shape index (κ3) is 2.54. The van der Waals surface area contributed by atoms with E-state index in [1.807, 2.05) is 25.7 Å². The summed E-state index contributed by atoms with van der Waals surface area (Å²) in [5, 5.41) is 9.49. The summed E-state index contributed by atoms with van der Waals surface area (Å²) in [5.41, 5.74) is 0.515. The maximum atomic E-state index is 12.0. The lowest BCUT2D eigenvalue weighted by Gasteiger charge is -2.64. The van der Waals surface area contributed by atoms with Crippen LogP contribution in [-0.2, 0) is 4.74 Å². The third-order valence-electron chi connectivity index (χ3n) is 5.31. The van der Waals surface area contributed by atoms with Gasteiger partial charge in [0.2, 0.25) is 0 Å². The Morgan fingerprint density at radius 1 is 1.15 bits per heavy atom. The number of nitrogens with zero attached hydrogens (tertiary/aromatic N) is 1.